The van der Waals surface area contributed by atoms with Gasteiger partial charge in [-0.3, -0.25) is 4.79 Å². The van der Waals surface area contributed by atoms with Crippen molar-refractivity contribution >= 4 is 38.3 Å². The molecule has 1 aliphatic rings. The lowest BCUT2D eigenvalue weighted by atomic mass is 10.1. The van der Waals surface area contributed by atoms with Gasteiger partial charge in [0, 0.05) is 42.8 Å². The Morgan fingerprint density at radius 3 is 2.44 bits per heavy atom. The van der Waals surface area contributed by atoms with Crippen LogP contribution in [0.15, 0.2) is 58.9 Å². The first-order valence-electron chi connectivity index (χ1n) is 11.1. The van der Waals surface area contributed by atoms with E-state index >= 15 is 0 Å². The van der Waals surface area contributed by atoms with E-state index in [1.54, 1.807) is 51.4 Å². The monoisotopic (exact) mass is 495 g/mol. The summed E-state index contributed by atoms with van der Waals surface area (Å²) in [6.07, 6.45) is 1.74. The molecule has 1 aliphatic heterocycles. The quantitative estimate of drug-likeness (QED) is 0.424. The summed E-state index contributed by atoms with van der Waals surface area (Å²) in [6.45, 7) is 5.13. The van der Waals surface area contributed by atoms with Gasteiger partial charge in [-0.2, -0.15) is 9.40 Å². The van der Waals surface area contributed by atoms with Crippen molar-refractivity contribution in [3.63, 3.8) is 0 Å². The van der Waals surface area contributed by atoms with Crippen molar-refractivity contribution in [1.82, 2.24) is 24.0 Å². The van der Waals surface area contributed by atoms with E-state index in [0.717, 1.165) is 27.1 Å². The minimum atomic E-state index is -3.57. The van der Waals surface area contributed by atoms with Crippen LogP contribution in [0.4, 0.5) is 0 Å². The first kappa shape index (κ1) is 22.7. The maximum atomic E-state index is 13.1. The second-order valence-electron chi connectivity index (χ2n) is 8.38. The van der Waals surface area contributed by atoms with Crippen molar-refractivity contribution in [2.75, 3.05) is 26.2 Å². The highest BCUT2D eigenvalue weighted by Gasteiger charge is 2.30. The van der Waals surface area contributed by atoms with Crippen molar-refractivity contribution in [2.24, 2.45) is 0 Å². The van der Waals surface area contributed by atoms with Gasteiger partial charge in [0.15, 0.2) is 5.65 Å². The Bertz CT molecular complexity index is 1440. The van der Waals surface area contributed by atoms with Crippen LogP contribution in [0.25, 0.3) is 21.5 Å². The molecule has 8 nitrogen and oxygen atoms in total. The standard InChI is InChI=1S/C24H25N5O3S2/c1-17-5-7-19(8-6-17)34(31,32)28-13-11-27(12-14-28)22(30)16-29-24-23(18(2)26-29)20(9-10-25-24)21-4-3-15-33-21/h3-10,15H,11-14,16H2,1-2H3. The van der Waals surface area contributed by atoms with Crippen molar-refractivity contribution in [1.29, 1.82) is 0 Å². The second-order valence-corrected chi connectivity index (χ2v) is 11.3. The van der Waals surface area contributed by atoms with Crippen molar-refractivity contribution < 1.29 is 13.2 Å². The fraction of sp³-hybridized carbons (Fsp3) is 0.292. The molecule has 0 atom stereocenters. The van der Waals surface area contributed by atoms with Crippen LogP contribution in [0, 0.1) is 13.8 Å². The molecule has 1 amide bonds. The largest absolute Gasteiger partial charge is 0.338 e. The number of amides is 1. The number of hydrogen-bond acceptors (Lipinski definition) is 6. The average molecular weight is 496 g/mol. The minimum absolute atomic E-state index is 0.0654. The number of nitrogens with zero attached hydrogens (tertiary/aromatic N) is 5. The molecule has 4 aromatic rings. The van der Waals surface area contributed by atoms with E-state index in [1.165, 1.54) is 4.31 Å². The number of thiophene rings is 1. The number of aromatic nitrogens is 3. The molecule has 0 spiro atoms. The number of aryl methyl sites for hydroxylation is 2. The van der Waals surface area contributed by atoms with Gasteiger partial charge >= 0.3 is 0 Å². The Hall–Kier alpha value is -3.08. The van der Waals surface area contributed by atoms with Crippen molar-refractivity contribution in [3.05, 3.63) is 65.3 Å². The van der Waals surface area contributed by atoms with E-state index in [2.05, 4.69) is 16.1 Å². The third kappa shape index (κ3) is 4.13. The maximum absolute atomic E-state index is 13.1. The predicted molar refractivity (Wildman–Crippen MR) is 132 cm³/mol. The lowest BCUT2D eigenvalue weighted by molar-refractivity contribution is -0.133. The van der Waals surface area contributed by atoms with Gasteiger partial charge in [-0.1, -0.05) is 23.8 Å². The third-order valence-corrected chi connectivity index (χ3v) is 8.95. The zero-order chi connectivity index (χ0) is 23.9. The van der Waals surface area contributed by atoms with Gasteiger partial charge in [0.1, 0.15) is 6.54 Å². The normalized spacial score (nSPS) is 15.2. The predicted octanol–water partition coefficient (Wildman–Crippen LogP) is 3.31. The molecule has 3 aromatic heterocycles. The number of hydrogen-bond donors (Lipinski definition) is 0. The third-order valence-electron chi connectivity index (χ3n) is 6.13. The lowest BCUT2D eigenvalue weighted by Gasteiger charge is -2.34. The van der Waals surface area contributed by atoms with Crippen molar-refractivity contribution in [3.8, 4) is 10.4 Å². The molecule has 0 bridgehead atoms. The number of rotatable bonds is 5. The second kappa shape index (κ2) is 8.94. The Kier molecular flexibility index (Phi) is 5.97. The van der Waals surface area contributed by atoms with Crippen LogP contribution >= 0.6 is 11.3 Å². The van der Waals surface area contributed by atoms with Crippen LogP contribution in [0.3, 0.4) is 0 Å². The van der Waals surface area contributed by atoms with Crippen LogP contribution < -0.4 is 0 Å². The molecule has 1 fully saturated rings. The fourth-order valence-corrected chi connectivity index (χ4v) is 6.47. The Labute approximate surface area is 202 Å². The summed E-state index contributed by atoms with van der Waals surface area (Å²) in [6, 6.07) is 12.9. The average Bonchev–Trinajstić information content (AvgIpc) is 3.48. The zero-order valence-electron chi connectivity index (χ0n) is 19.0. The first-order valence-corrected chi connectivity index (χ1v) is 13.4. The highest BCUT2D eigenvalue weighted by atomic mass is 32.2. The van der Waals surface area contributed by atoms with Gasteiger partial charge in [-0.15, -0.1) is 11.3 Å². The summed E-state index contributed by atoms with van der Waals surface area (Å²) in [5.74, 6) is -0.0971. The summed E-state index contributed by atoms with van der Waals surface area (Å²) in [7, 11) is -3.57. The summed E-state index contributed by atoms with van der Waals surface area (Å²) < 4.78 is 29.0. The highest BCUT2D eigenvalue weighted by molar-refractivity contribution is 7.89. The molecular weight excluding hydrogens is 470 g/mol. The summed E-state index contributed by atoms with van der Waals surface area (Å²) in [5.41, 5.74) is 3.57. The molecule has 0 radical (unpaired) electrons. The molecule has 0 N–H and O–H groups in total. The zero-order valence-corrected chi connectivity index (χ0v) is 20.6. The minimum Gasteiger partial charge on any atom is -0.338 e. The van der Waals surface area contributed by atoms with Gasteiger partial charge in [0.05, 0.1) is 16.0 Å². The SMILES string of the molecule is Cc1ccc(S(=O)(=O)N2CCN(C(=O)Cn3nc(C)c4c(-c5cccs5)ccnc43)CC2)cc1. The van der Waals surface area contributed by atoms with E-state index in [9.17, 15) is 13.2 Å². The number of sulfonamides is 1. The Morgan fingerprint density at radius 1 is 1.03 bits per heavy atom. The Balaban J connectivity index is 1.30. The van der Waals surface area contributed by atoms with Crippen LogP contribution in [0.1, 0.15) is 11.3 Å². The number of pyridine rings is 1. The first-order chi connectivity index (χ1) is 16.3. The van der Waals surface area contributed by atoms with Gasteiger partial charge < -0.3 is 4.90 Å². The van der Waals surface area contributed by atoms with Crippen LogP contribution in [-0.2, 0) is 21.4 Å². The molecule has 1 saturated heterocycles. The fourth-order valence-electron chi connectivity index (χ4n) is 4.29. The number of carbonyl (C=O) groups is 1. The van der Waals surface area contributed by atoms with Crippen molar-refractivity contribution in [2.45, 2.75) is 25.3 Å². The summed E-state index contributed by atoms with van der Waals surface area (Å²) >= 11 is 1.65. The molecule has 34 heavy (non-hydrogen) atoms. The number of benzene rings is 1. The molecule has 10 heteroatoms. The molecule has 0 unspecified atom stereocenters. The molecule has 4 heterocycles. The number of carbonyl (C=O) groups excluding carboxylic acids is 1. The van der Waals surface area contributed by atoms with Gasteiger partial charge in [0.25, 0.3) is 0 Å². The number of fused-ring (bicyclic) bond motifs is 1. The van der Waals surface area contributed by atoms with E-state index in [1.807, 2.05) is 31.4 Å². The van der Waals surface area contributed by atoms with Gasteiger partial charge in [-0.05, 0) is 43.5 Å². The smallest absolute Gasteiger partial charge is 0.244 e. The van der Waals surface area contributed by atoms with E-state index < -0.39 is 10.0 Å². The molecule has 0 saturated carbocycles. The highest BCUT2D eigenvalue weighted by Crippen LogP contribution is 2.32. The Morgan fingerprint density at radius 2 is 1.76 bits per heavy atom. The lowest BCUT2D eigenvalue weighted by Crippen LogP contribution is -2.51. The topological polar surface area (TPSA) is 88.4 Å². The molecule has 5 rings (SSSR count). The van der Waals surface area contributed by atoms with E-state index in [-0.39, 0.29) is 30.4 Å². The van der Waals surface area contributed by atoms with E-state index in [4.69, 9.17) is 0 Å². The van der Waals surface area contributed by atoms with Crippen LogP contribution in [0.5, 0.6) is 0 Å². The van der Waals surface area contributed by atoms with Crippen LogP contribution in [-0.4, -0.2) is 64.5 Å². The molecule has 1 aromatic carbocycles. The maximum Gasteiger partial charge on any atom is 0.244 e. The van der Waals surface area contributed by atoms with Crippen LogP contribution in [0.2, 0.25) is 0 Å². The summed E-state index contributed by atoms with van der Waals surface area (Å²) in [4.78, 5) is 20.7. The van der Waals surface area contributed by atoms with Gasteiger partial charge in [-0.25, -0.2) is 18.1 Å². The molecule has 0 aliphatic carbocycles. The summed E-state index contributed by atoms with van der Waals surface area (Å²) in [5, 5.41) is 7.58. The van der Waals surface area contributed by atoms with Gasteiger partial charge in [0.2, 0.25) is 15.9 Å². The molecular formula is C24H25N5O3S2. The number of piperazine rings is 1. The molecule has 176 valence electrons. The van der Waals surface area contributed by atoms with E-state index in [0.29, 0.717) is 18.7 Å².